The number of hydrogen-bond acceptors (Lipinski definition) is 3. The third kappa shape index (κ3) is 3.61. The van der Waals surface area contributed by atoms with Crippen molar-refractivity contribution in [2.75, 3.05) is 0 Å². The SMILES string of the molecule is CC(=O)c1cncc(C#CCC(=O)O)c1. The van der Waals surface area contributed by atoms with Gasteiger partial charge in [0.2, 0.25) is 0 Å². The number of carbonyl (C=O) groups is 2. The van der Waals surface area contributed by atoms with Crippen molar-refractivity contribution in [2.24, 2.45) is 0 Å². The van der Waals surface area contributed by atoms with Gasteiger partial charge in [-0.25, -0.2) is 0 Å². The van der Waals surface area contributed by atoms with E-state index in [9.17, 15) is 9.59 Å². The molecule has 0 amide bonds. The number of nitrogens with zero attached hydrogens (tertiary/aromatic N) is 1. The minimum atomic E-state index is -0.974. The fraction of sp³-hybridized carbons (Fsp3) is 0.182. The lowest BCUT2D eigenvalue weighted by molar-refractivity contribution is -0.135. The molecule has 0 aromatic carbocycles. The first-order valence-electron chi connectivity index (χ1n) is 4.26. The Morgan fingerprint density at radius 2 is 2.20 bits per heavy atom. The molecular weight excluding hydrogens is 194 g/mol. The van der Waals surface area contributed by atoms with E-state index in [0.29, 0.717) is 11.1 Å². The van der Waals surface area contributed by atoms with Gasteiger partial charge in [0.15, 0.2) is 5.78 Å². The zero-order chi connectivity index (χ0) is 11.3. The Balaban J connectivity index is 2.85. The Labute approximate surface area is 87.0 Å². The van der Waals surface area contributed by atoms with Gasteiger partial charge in [-0.05, 0) is 13.0 Å². The van der Waals surface area contributed by atoms with Crippen molar-refractivity contribution in [3.63, 3.8) is 0 Å². The van der Waals surface area contributed by atoms with Crippen LogP contribution in [-0.4, -0.2) is 21.8 Å². The molecule has 0 unspecified atom stereocenters. The van der Waals surface area contributed by atoms with Crippen LogP contribution in [0.25, 0.3) is 0 Å². The van der Waals surface area contributed by atoms with E-state index < -0.39 is 5.97 Å². The summed E-state index contributed by atoms with van der Waals surface area (Å²) in [7, 11) is 0. The topological polar surface area (TPSA) is 67.3 Å². The first kappa shape index (κ1) is 10.9. The van der Waals surface area contributed by atoms with Gasteiger partial charge in [-0.15, -0.1) is 0 Å². The van der Waals surface area contributed by atoms with E-state index in [4.69, 9.17) is 5.11 Å². The summed E-state index contributed by atoms with van der Waals surface area (Å²) in [6.07, 6.45) is 2.72. The van der Waals surface area contributed by atoms with Crippen molar-refractivity contribution in [1.29, 1.82) is 0 Å². The maximum Gasteiger partial charge on any atom is 0.315 e. The molecule has 0 radical (unpaired) electrons. The first-order chi connectivity index (χ1) is 7.09. The van der Waals surface area contributed by atoms with Crippen LogP contribution in [0.4, 0.5) is 0 Å². The van der Waals surface area contributed by atoms with E-state index in [0.717, 1.165) is 0 Å². The van der Waals surface area contributed by atoms with Gasteiger partial charge in [-0.1, -0.05) is 11.8 Å². The fourth-order valence-corrected chi connectivity index (χ4v) is 0.923. The normalized spacial score (nSPS) is 8.87. The van der Waals surface area contributed by atoms with Crippen molar-refractivity contribution < 1.29 is 14.7 Å². The second kappa shape index (κ2) is 4.91. The number of ketones is 1. The second-order valence-electron chi connectivity index (χ2n) is 2.89. The molecular formula is C11H9NO3. The molecule has 1 aromatic rings. The average molecular weight is 203 g/mol. The summed E-state index contributed by atoms with van der Waals surface area (Å²) in [4.78, 5) is 25.0. The molecule has 1 heterocycles. The zero-order valence-electron chi connectivity index (χ0n) is 8.15. The summed E-state index contributed by atoms with van der Waals surface area (Å²) < 4.78 is 0. The molecule has 0 saturated carbocycles. The highest BCUT2D eigenvalue weighted by Crippen LogP contribution is 2.01. The highest BCUT2D eigenvalue weighted by atomic mass is 16.4. The molecule has 15 heavy (non-hydrogen) atoms. The van der Waals surface area contributed by atoms with Crippen LogP contribution in [0.3, 0.4) is 0 Å². The van der Waals surface area contributed by atoms with E-state index in [1.165, 1.54) is 19.3 Å². The van der Waals surface area contributed by atoms with Crippen LogP contribution in [0.2, 0.25) is 0 Å². The van der Waals surface area contributed by atoms with Crippen LogP contribution < -0.4 is 0 Å². The lowest BCUT2D eigenvalue weighted by Crippen LogP contribution is -1.94. The number of Topliss-reactive ketones (excluding diaryl/α,β-unsaturated/α-hetero) is 1. The van der Waals surface area contributed by atoms with Crippen LogP contribution >= 0.6 is 0 Å². The van der Waals surface area contributed by atoms with Crippen LogP contribution in [-0.2, 0) is 4.79 Å². The van der Waals surface area contributed by atoms with Crippen molar-refractivity contribution >= 4 is 11.8 Å². The average Bonchev–Trinajstić information content (AvgIpc) is 2.17. The van der Waals surface area contributed by atoms with E-state index in [2.05, 4.69) is 16.8 Å². The molecule has 0 bridgehead atoms. The van der Waals surface area contributed by atoms with Crippen LogP contribution in [0, 0.1) is 11.8 Å². The number of carbonyl (C=O) groups excluding carboxylic acids is 1. The number of aliphatic carboxylic acids is 1. The van der Waals surface area contributed by atoms with Gasteiger partial charge < -0.3 is 5.11 Å². The predicted octanol–water partition coefficient (Wildman–Crippen LogP) is 1.11. The molecule has 0 atom stereocenters. The standard InChI is InChI=1S/C11H9NO3/c1-8(13)10-5-9(6-12-7-10)3-2-4-11(14)15/h5-7H,4H2,1H3,(H,14,15). The summed E-state index contributed by atoms with van der Waals surface area (Å²) in [6.45, 7) is 1.44. The second-order valence-corrected chi connectivity index (χ2v) is 2.89. The molecule has 4 heteroatoms. The van der Waals surface area contributed by atoms with Crippen molar-refractivity contribution in [1.82, 2.24) is 4.98 Å². The zero-order valence-corrected chi connectivity index (χ0v) is 8.15. The Bertz CT molecular complexity index is 454. The highest BCUT2D eigenvalue weighted by molar-refractivity contribution is 5.94. The maximum atomic E-state index is 11.0. The van der Waals surface area contributed by atoms with Gasteiger partial charge in [0.05, 0.1) is 0 Å². The summed E-state index contributed by atoms with van der Waals surface area (Å²) in [6, 6.07) is 1.59. The van der Waals surface area contributed by atoms with E-state index >= 15 is 0 Å². The molecule has 1 N–H and O–H groups in total. The van der Waals surface area contributed by atoms with Crippen LogP contribution in [0.5, 0.6) is 0 Å². The van der Waals surface area contributed by atoms with E-state index in [1.54, 1.807) is 6.07 Å². The summed E-state index contributed by atoms with van der Waals surface area (Å²) in [5.41, 5.74) is 1.01. The van der Waals surface area contributed by atoms with Gasteiger partial charge in [0.1, 0.15) is 6.42 Å². The maximum absolute atomic E-state index is 11.0. The summed E-state index contributed by atoms with van der Waals surface area (Å²) in [5.74, 6) is 4.03. The third-order valence-electron chi connectivity index (χ3n) is 1.62. The molecule has 76 valence electrons. The van der Waals surface area contributed by atoms with Gasteiger partial charge in [-0.2, -0.15) is 0 Å². The monoisotopic (exact) mass is 203 g/mol. The molecule has 4 nitrogen and oxygen atoms in total. The van der Waals surface area contributed by atoms with Gasteiger partial charge in [-0.3, -0.25) is 14.6 Å². The van der Waals surface area contributed by atoms with Gasteiger partial charge in [0, 0.05) is 23.5 Å². The number of carboxylic acids is 1. The van der Waals surface area contributed by atoms with Crippen molar-refractivity contribution in [3.8, 4) is 11.8 Å². The smallest absolute Gasteiger partial charge is 0.315 e. The number of aromatic nitrogens is 1. The molecule has 0 saturated heterocycles. The Kier molecular flexibility index (Phi) is 3.58. The third-order valence-corrected chi connectivity index (χ3v) is 1.62. The molecule has 0 fully saturated rings. The van der Waals surface area contributed by atoms with Crippen molar-refractivity contribution in [2.45, 2.75) is 13.3 Å². The minimum absolute atomic E-state index is 0.0932. The van der Waals surface area contributed by atoms with E-state index in [-0.39, 0.29) is 12.2 Å². The molecule has 0 spiro atoms. The number of rotatable bonds is 2. The minimum Gasteiger partial charge on any atom is -0.481 e. The lowest BCUT2D eigenvalue weighted by atomic mass is 10.1. The number of hydrogen-bond donors (Lipinski definition) is 1. The molecule has 1 aromatic heterocycles. The molecule has 1 rings (SSSR count). The Hall–Kier alpha value is -2.15. The summed E-state index contributed by atoms with van der Waals surface area (Å²) in [5, 5.41) is 8.36. The Morgan fingerprint density at radius 1 is 1.47 bits per heavy atom. The number of pyridine rings is 1. The first-order valence-corrected chi connectivity index (χ1v) is 4.26. The fourth-order valence-electron chi connectivity index (χ4n) is 0.923. The largest absolute Gasteiger partial charge is 0.481 e. The van der Waals surface area contributed by atoms with Crippen LogP contribution in [0.15, 0.2) is 18.5 Å². The van der Waals surface area contributed by atoms with Crippen molar-refractivity contribution in [3.05, 3.63) is 29.6 Å². The molecule has 0 aliphatic rings. The summed E-state index contributed by atoms with van der Waals surface area (Å²) >= 11 is 0. The van der Waals surface area contributed by atoms with Gasteiger partial charge in [0.25, 0.3) is 0 Å². The van der Waals surface area contributed by atoms with Gasteiger partial charge >= 0.3 is 5.97 Å². The van der Waals surface area contributed by atoms with Crippen LogP contribution in [0.1, 0.15) is 29.3 Å². The predicted molar refractivity (Wildman–Crippen MR) is 53.4 cm³/mol. The number of carboxylic acid groups (broad SMARTS) is 1. The van der Waals surface area contributed by atoms with E-state index in [1.807, 2.05) is 0 Å². The lowest BCUT2D eigenvalue weighted by Gasteiger charge is -1.94. The quantitative estimate of drug-likeness (QED) is 0.577. The molecule has 0 aliphatic carbocycles. The highest BCUT2D eigenvalue weighted by Gasteiger charge is 1.99. The molecule has 0 aliphatic heterocycles. The Morgan fingerprint density at radius 3 is 2.80 bits per heavy atom.